The van der Waals surface area contributed by atoms with Gasteiger partial charge in [0.25, 0.3) is 0 Å². The second-order valence-corrected chi connectivity index (χ2v) is 10.3. The molecule has 0 aliphatic rings. The van der Waals surface area contributed by atoms with Crippen LogP contribution in [0.5, 0.6) is 5.75 Å². The molecule has 0 fully saturated rings. The number of benzene rings is 3. The number of ether oxygens (including phenoxy) is 1. The summed E-state index contributed by atoms with van der Waals surface area (Å²) >= 11 is 13.1. The molecule has 1 N–H and O–H groups in total. The monoisotopic (exact) mass is 615 g/mol. The van der Waals surface area contributed by atoms with E-state index in [1.807, 2.05) is 38.1 Å². The number of pyridine rings is 1. The largest absolute Gasteiger partial charge is 0.487 e. The van der Waals surface area contributed by atoms with Crippen molar-refractivity contribution in [1.82, 2.24) is 10.3 Å². The number of likely N-dealkylation sites (N-methyl/N-ethyl adjacent to an activating group) is 1. The van der Waals surface area contributed by atoms with Gasteiger partial charge in [-0.25, -0.2) is 4.98 Å². The molecule has 42 heavy (non-hydrogen) atoms. The molecule has 2 amide bonds. The maximum atomic E-state index is 12.8. The molecule has 6 nitrogen and oxygen atoms in total. The lowest BCUT2D eigenvalue weighted by molar-refractivity contribution is -0.137. The van der Waals surface area contributed by atoms with Crippen LogP contribution in [-0.4, -0.2) is 30.4 Å². The SMILES string of the molecule is Cc1ccc2nc(C)c(OCc3c(Cl)ccc(N(C)C(=O)CNC(=O)C=Cc4ccc(C(F)(F)F)cc4)c3Cl)cc2c1. The minimum Gasteiger partial charge on any atom is -0.487 e. The van der Waals surface area contributed by atoms with Gasteiger partial charge in [-0.1, -0.05) is 47.0 Å². The molecule has 0 bridgehead atoms. The Morgan fingerprint density at radius 1 is 1.02 bits per heavy atom. The zero-order valence-electron chi connectivity index (χ0n) is 22.9. The standard InChI is InChI=1S/C31H26Cl2F3N3O3/c1-18-4-11-25-21(14-18)15-27(19(2)38-25)42-17-23-24(32)10-12-26(30(23)33)39(3)29(41)16-37-28(40)13-7-20-5-8-22(9-6-20)31(34,35)36/h4-15H,16-17H2,1-3H3,(H,37,40). The minimum absolute atomic E-state index is 0.0266. The number of alkyl halides is 3. The number of halogens is 5. The maximum Gasteiger partial charge on any atom is 0.416 e. The van der Waals surface area contributed by atoms with Crippen molar-refractivity contribution in [3.63, 3.8) is 0 Å². The van der Waals surface area contributed by atoms with Gasteiger partial charge in [-0.05, 0) is 68.0 Å². The van der Waals surface area contributed by atoms with Gasteiger partial charge in [-0.15, -0.1) is 0 Å². The lowest BCUT2D eigenvalue weighted by Crippen LogP contribution is -2.37. The quantitative estimate of drug-likeness (QED) is 0.208. The summed E-state index contributed by atoms with van der Waals surface area (Å²) in [6.07, 6.45) is -1.97. The van der Waals surface area contributed by atoms with Crippen LogP contribution >= 0.6 is 23.2 Å². The molecule has 0 atom stereocenters. The van der Waals surface area contributed by atoms with Crippen LogP contribution in [0.3, 0.4) is 0 Å². The van der Waals surface area contributed by atoms with Crippen molar-refractivity contribution in [2.75, 3.05) is 18.5 Å². The summed E-state index contributed by atoms with van der Waals surface area (Å²) in [5.41, 5.74) is 3.09. The van der Waals surface area contributed by atoms with Gasteiger partial charge in [0.05, 0.1) is 34.0 Å². The fourth-order valence-electron chi connectivity index (χ4n) is 4.08. The molecular formula is C31H26Cl2F3N3O3. The Morgan fingerprint density at radius 3 is 2.43 bits per heavy atom. The van der Waals surface area contributed by atoms with Crippen molar-refractivity contribution in [2.24, 2.45) is 0 Å². The van der Waals surface area contributed by atoms with E-state index in [0.29, 0.717) is 33.3 Å². The van der Waals surface area contributed by atoms with Crippen LogP contribution in [-0.2, 0) is 22.4 Å². The Hall–Kier alpha value is -4.08. The van der Waals surface area contributed by atoms with Gasteiger partial charge < -0.3 is 15.0 Å². The molecule has 0 spiro atoms. The van der Waals surface area contributed by atoms with E-state index >= 15 is 0 Å². The number of amides is 2. The number of nitrogens with one attached hydrogen (secondary N) is 1. The van der Waals surface area contributed by atoms with E-state index < -0.39 is 23.6 Å². The molecule has 4 rings (SSSR count). The zero-order valence-corrected chi connectivity index (χ0v) is 24.4. The van der Waals surface area contributed by atoms with Gasteiger partial charge in [0.15, 0.2) is 0 Å². The number of hydrogen-bond acceptors (Lipinski definition) is 4. The van der Waals surface area contributed by atoms with Crippen molar-refractivity contribution < 1.29 is 27.5 Å². The van der Waals surface area contributed by atoms with Crippen LogP contribution in [0.1, 0.15) is 27.9 Å². The Bertz CT molecular complexity index is 1670. The normalized spacial score (nSPS) is 11.6. The molecule has 0 aliphatic carbocycles. The van der Waals surface area contributed by atoms with E-state index in [-0.39, 0.29) is 18.2 Å². The van der Waals surface area contributed by atoms with E-state index in [0.717, 1.165) is 34.7 Å². The van der Waals surface area contributed by atoms with E-state index in [4.69, 9.17) is 27.9 Å². The molecule has 0 saturated carbocycles. The van der Waals surface area contributed by atoms with Crippen molar-refractivity contribution >= 4 is 57.7 Å². The molecule has 218 valence electrons. The van der Waals surface area contributed by atoms with E-state index in [9.17, 15) is 22.8 Å². The second kappa shape index (κ2) is 12.8. The Balaban J connectivity index is 1.39. The first-order valence-corrected chi connectivity index (χ1v) is 13.5. The molecule has 0 saturated heterocycles. The lowest BCUT2D eigenvalue weighted by atomic mass is 10.1. The first kappa shape index (κ1) is 30.9. The number of fused-ring (bicyclic) bond motifs is 1. The van der Waals surface area contributed by atoms with Crippen LogP contribution in [0.4, 0.5) is 18.9 Å². The summed E-state index contributed by atoms with van der Waals surface area (Å²) in [6.45, 7) is 3.51. The van der Waals surface area contributed by atoms with Crippen molar-refractivity contribution in [1.29, 1.82) is 0 Å². The number of hydrogen-bond donors (Lipinski definition) is 1. The molecule has 1 heterocycles. The highest BCUT2D eigenvalue weighted by molar-refractivity contribution is 6.38. The predicted octanol–water partition coefficient (Wildman–Crippen LogP) is 7.55. The van der Waals surface area contributed by atoms with Crippen molar-refractivity contribution in [3.8, 4) is 5.75 Å². The first-order chi connectivity index (χ1) is 19.8. The highest BCUT2D eigenvalue weighted by atomic mass is 35.5. The van der Waals surface area contributed by atoms with Gasteiger partial charge in [-0.3, -0.25) is 9.59 Å². The highest BCUT2D eigenvalue weighted by Gasteiger charge is 2.29. The molecule has 0 aliphatic heterocycles. The summed E-state index contributed by atoms with van der Waals surface area (Å²) in [5, 5.41) is 3.96. The summed E-state index contributed by atoms with van der Waals surface area (Å²) in [7, 11) is 1.51. The maximum absolute atomic E-state index is 12.8. The number of anilines is 1. The first-order valence-electron chi connectivity index (χ1n) is 12.7. The van der Waals surface area contributed by atoms with E-state index in [1.165, 1.54) is 30.2 Å². The molecule has 0 unspecified atom stereocenters. The van der Waals surface area contributed by atoms with Crippen molar-refractivity contribution in [2.45, 2.75) is 26.6 Å². The molecule has 3 aromatic carbocycles. The number of carbonyl (C=O) groups excluding carboxylic acids is 2. The van der Waals surface area contributed by atoms with Gasteiger partial charge in [-0.2, -0.15) is 13.2 Å². The molecule has 11 heteroatoms. The van der Waals surface area contributed by atoms with E-state index in [1.54, 1.807) is 12.1 Å². The number of nitrogens with zero attached hydrogens (tertiary/aromatic N) is 2. The third-order valence-corrected chi connectivity index (χ3v) is 7.24. The van der Waals surface area contributed by atoms with Crippen LogP contribution in [0.2, 0.25) is 10.0 Å². The van der Waals surface area contributed by atoms with Gasteiger partial charge in [0.1, 0.15) is 12.4 Å². The van der Waals surface area contributed by atoms with Crippen LogP contribution in [0, 0.1) is 13.8 Å². The summed E-state index contributed by atoms with van der Waals surface area (Å²) in [4.78, 5) is 30.9. The minimum atomic E-state index is -4.44. The highest BCUT2D eigenvalue weighted by Crippen LogP contribution is 2.35. The molecule has 0 radical (unpaired) electrons. The predicted molar refractivity (Wildman–Crippen MR) is 159 cm³/mol. The van der Waals surface area contributed by atoms with Crippen LogP contribution < -0.4 is 15.0 Å². The van der Waals surface area contributed by atoms with Crippen molar-refractivity contribution in [3.05, 3.63) is 105 Å². The lowest BCUT2D eigenvalue weighted by Gasteiger charge is -2.21. The van der Waals surface area contributed by atoms with Gasteiger partial charge in [0.2, 0.25) is 11.8 Å². The Kier molecular flexibility index (Phi) is 9.43. The number of rotatable bonds is 8. The summed E-state index contributed by atoms with van der Waals surface area (Å²) < 4.78 is 44.2. The third-order valence-electron chi connectivity index (χ3n) is 6.47. The van der Waals surface area contributed by atoms with Gasteiger partial charge >= 0.3 is 6.18 Å². The Labute approximate surface area is 250 Å². The number of aromatic nitrogens is 1. The average Bonchev–Trinajstić information content (AvgIpc) is 2.94. The fourth-order valence-corrected chi connectivity index (χ4v) is 4.68. The molecule has 4 aromatic rings. The second-order valence-electron chi connectivity index (χ2n) is 9.54. The number of aryl methyl sites for hydroxylation is 2. The third kappa shape index (κ3) is 7.40. The van der Waals surface area contributed by atoms with E-state index in [2.05, 4.69) is 10.3 Å². The fraction of sp³-hybridized carbons (Fsp3) is 0.194. The average molecular weight is 616 g/mol. The molecule has 1 aromatic heterocycles. The zero-order chi connectivity index (χ0) is 30.6. The smallest absolute Gasteiger partial charge is 0.416 e. The topological polar surface area (TPSA) is 71.5 Å². The number of carbonyl (C=O) groups is 2. The van der Waals surface area contributed by atoms with Crippen LogP contribution in [0.15, 0.2) is 66.7 Å². The summed E-state index contributed by atoms with van der Waals surface area (Å²) in [6, 6.07) is 15.4. The van der Waals surface area contributed by atoms with Crippen LogP contribution in [0.25, 0.3) is 17.0 Å². The Morgan fingerprint density at radius 2 is 1.74 bits per heavy atom. The van der Waals surface area contributed by atoms with Gasteiger partial charge in [0, 0.05) is 29.1 Å². The summed E-state index contributed by atoms with van der Waals surface area (Å²) in [5.74, 6) is -0.489. The molecular weight excluding hydrogens is 590 g/mol.